The maximum Gasteiger partial charge on any atom is 0.419 e. The predicted molar refractivity (Wildman–Crippen MR) is 220 cm³/mol. The van der Waals surface area contributed by atoms with Crippen molar-refractivity contribution in [3.63, 3.8) is 0 Å². The van der Waals surface area contributed by atoms with Crippen molar-refractivity contribution in [1.29, 1.82) is 0 Å². The number of carboxylic acid groups (broad SMARTS) is 1. The molecule has 0 radical (unpaired) electrons. The number of carbonyl (C=O) groups is 3. The fraction of sp³-hybridized carbons (Fsp3) is 0.214. The summed E-state index contributed by atoms with van der Waals surface area (Å²) in [6.45, 7) is 1.56. The van der Waals surface area contributed by atoms with Gasteiger partial charge in [-0.25, -0.2) is 14.5 Å². The third kappa shape index (κ3) is 12.6. The molecule has 56 heavy (non-hydrogen) atoms. The van der Waals surface area contributed by atoms with E-state index in [0.717, 1.165) is 20.9 Å². The summed E-state index contributed by atoms with van der Waals surface area (Å²) in [4.78, 5) is 47.2. The monoisotopic (exact) mass is 792 g/mol. The van der Waals surface area contributed by atoms with Gasteiger partial charge in [-0.15, -0.1) is 22.7 Å². The van der Waals surface area contributed by atoms with Crippen LogP contribution in [0, 0.1) is 5.92 Å². The molecule has 2 aromatic heterocycles. The summed E-state index contributed by atoms with van der Waals surface area (Å²) >= 11 is 2.92. The Morgan fingerprint density at radius 2 is 1.32 bits per heavy atom. The number of amides is 3. The lowest BCUT2D eigenvalue weighted by molar-refractivity contribution is -0.114. The van der Waals surface area contributed by atoms with E-state index < -0.39 is 24.3 Å². The molecule has 3 amide bonds. The highest BCUT2D eigenvalue weighted by atomic mass is 32.1. The number of ether oxygens (including phenoxy) is 1. The van der Waals surface area contributed by atoms with E-state index >= 15 is 0 Å². The minimum absolute atomic E-state index is 0.134. The predicted octanol–water partition coefficient (Wildman–Crippen LogP) is 7.69. The first-order chi connectivity index (χ1) is 27.2. The van der Waals surface area contributed by atoms with Gasteiger partial charge in [0, 0.05) is 36.2 Å². The van der Waals surface area contributed by atoms with Gasteiger partial charge in [-0.05, 0) is 54.7 Å². The lowest BCUT2D eigenvalue weighted by atomic mass is 9.82. The Morgan fingerprint density at radius 3 is 1.89 bits per heavy atom. The molecule has 0 aliphatic heterocycles. The Bertz CT molecular complexity index is 2070. The Kier molecular flexibility index (Phi) is 15.6. The van der Waals surface area contributed by atoms with Crippen LogP contribution in [-0.4, -0.2) is 56.5 Å². The fourth-order valence-electron chi connectivity index (χ4n) is 6.12. The van der Waals surface area contributed by atoms with Crippen molar-refractivity contribution in [3.05, 3.63) is 160 Å². The Morgan fingerprint density at radius 1 is 0.768 bits per heavy atom. The van der Waals surface area contributed by atoms with Crippen LogP contribution in [0.1, 0.15) is 27.8 Å². The first kappa shape index (κ1) is 41.2. The normalized spacial score (nSPS) is 12.8. The molecule has 0 fully saturated rings. The number of para-hydroxylation sites is 3. The van der Waals surface area contributed by atoms with Crippen molar-refractivity contribution in [3.8, 4) is 0 Å². The van der Waals surface area contributed by atoms with Gasteiger partial charge in [0.1, 0.15) is 6.61 Å². The Balaban J connectivity index is 0.000000216. The summed E-state index contributed by atoms with van der Waals surface area (Å²) in [5, 5.41) is 25.9. The van der Waals surface area contributed by atoms with Crippen LogP contribution in [0.25, 0.3) is 0 Å². The summed E-state index contributed by atoms with van der Waals surface area (Å²) in [6.07, 6.45) is 2.28. The standard InChI is InChI=1S/C23H27N3O3S.C19H17N3O3S/c24-20(11-16-7-3-1-4-8-16)19(13-18-14-25-15-30-18)22(27)21(26-23(28)29)12-17-9-5-2-6-10-17;1-14(23)21-17-9-5-6-10-18(17)22(15-7-3-2-4-8-15)19(24)25-12-16-11-20-13-26-16/h1-10,14-15,19-22,26-27H,11-13,24H2,(H,28,29);2-11,13H,12H2,1H3,(H,21,23)/t19?,20-,21-,22+;/m0./s1. The first-order valence-corrected chi connectivity index (χ1v) is 19.6. The van der Waals surface area contributed by atoms with Crippen LogP contribution >= 0.6 is 22.7 Å². The molecule has 6 rings (SSSR count). The van der Waals surface area contributed by atoms with Crippen molar-refractivity contribution >= 4 is 57.8 Å². The van der Waals surface area contributed by atoms with E-state index in [1.807, 2.05) is 78.9 Å². The minimum atomic E-state index is -1.16. The molecular weight excluding hydrogens is 749 g/mol. The average Bonchev–Trinajstić information content (AvgIpc) is 3.93. The molecule has 12 nitrogen and oxygen atoms in total. The highest BCUT2D eigenvalue weighted by Gasteiger charge is 2.34. The van der Waals surface area contributed by atoms with E-state index in [4.69, 9.17) is 10.5 Å². The molecule has 0 aliphatic carbocycles. The zero-order valence-corrected chi connectivity index (χ0v) is 32.3. The smallest absolute Gasteiger partial charge is 0.419 e. The molecule has 0 saturated heterocycles. The molecule has 14 heteroatoms. The number of rotatable bonds is 15. The van der Waals surface area contributed by atoms with Crippen LogP contribution in [0.15, 0.2) is 139 Å². The quantitative estimate of drug-likeness (QED) is 0.0697. The number of thiazole rings is 2. The van der Waals surface area contributed by atoms with Gasteiger partial charge in [0.05, 0.1) is 45.1 Å². The summed E-state index contributed by atoms with van der Waals surface area (Å²) in [6, 6.07) is 34.6. The van der Waals surface area contributed by atoms with Crippen LogP contribution in [0.4, 0.5) is 26.7 Å². The van der Waals surface area contributed by atoms with Gasteiger partial charge in [0.15, 0.2) is 0 Å². The topological polar surface area (TPSA) is 180 Å². The molecule has 0 spiro atoms. The maximum absolute atomic E-state index is 12.9. The number of benzene rings is 4. The van der Waals surface area contributed by atoms with Gasteiger partial charge in [0.25, 0.3) is 0 Å². The second-order valence-corrected chi connectivity index (χ2v) is 14.8. The number of anilines is 3. The molecule has 290 valence electrons. The molecule has 0 bridgehead atoms. The SMILES string of the molecule is CC(=O)Nc1ccccc1N(C(=O)OCc1cncs1)c1ccccc1.N[C@@H](Cc1ccccc1)C(Cc1cncs1)[C@@H](O)[C@H](Cc1ccccc1)NC(=O)O. The van der Waals surface area contributed by atoms with Crippen LogP contribution in [0.5, 0.6) is 0 Å². The van der Waals surface area contributed by atoms with Crippen molar-refractivity contribution < 1.29 is 29.3 Å². The van der Waals surface area contributed by atoms with Crippen LogP contribution < -0.4 is 21.3 Å². The van der Waals surface area contributed by atoms with E-state index in [-0.39, 0.29) is 24.5 Å². The molecule has 2 heterocycles. The maximum atomic E-state index is 12.9. The van der Waals surface area contributed by atoms with Gasteiger partial charge >= 0.3 is 12.2 Å². The highest BCUT2D eigenvalue weighted by molar-refractivity contribution is 7.09. The summed E-state index contributed by atoms with van der Waals surface area (Å²) in [5.41, 5.74) is 13.7. The first-order valence-electron chi connectivity index (χ1n) is 17.8. The lowest BCUT2D eigenvalue weighted by Gasteiger charge is -2.33. The fourth-order valence-corrected chi connectivity index (χ4v) is 7.29. The molecule has 0 aliphatic rings. The lowest BCUT2D eigenvalue weighted by Crippen LogP contribution is -2.52. The molecule has 1 unspecified atom stereocenters. The number of carbonyl (C=O) groups excluding carboxylic acids is 2. The highest BCUT2D eigenvalue weighted by Crippen LogP contribution is 2.33. The molecule has 4 atom stereocenters. The second kappa shape index (κ2) is 21.2. The number of aliphatic hydroxyl groups is 1. The molecule has 0 saturated carbocycles. The molecular formula is C42H44N6O6S2. The molecule has 4 aromatic carbocycles. The number of hydrogen-bond acceptors (Lipinski definition) is 10. The van der Waals surface area contributed by atoms with Crippen molar-refractivity contribution in [2.24, 2.45) is 11.7 Å². The van der Waals surface area contributed by atoms with Crippen LogP contribution in [0.2, 0.25) is 0 Å². The largest absolute Gasteiger partial charge is 0.465 e. The van der Waals surface area contributed by atoms with E-state index in [1.165, 1.54) is 34.5 Å². The number of nitrogens with two attached hydrogens (primary N) is 1. The minimum Gasteiger partial charge on any atom is -0.465 e. The number of aromatic nitrogens is 2. The van der Waals surface area contributed by atoms with Crippen molar-refractivity contribution in [2.45, 2.75) is 51.0 Å². The summed E-state index contributed by atoms with van der Waals surface area (Å²) in [7, 11) is 0. The Labute approximate surface area is 333 Å². The van der Waals surface area contributed by atoms with Crippen LogP contribution in [-0.2, 0) is 35.4 Å². The van der Waals surface area contributed by atoms with E-state index in [9.17, 15) is 24.6 Å². The van der Waals surface area contributed by atoms with Gasteiger partial charge in [0.2, 0.25) is 5.91 Å². The zero-order chi connectivity index (χ0) is 39.7. The molecule has 6 N–H and O–H groups in total. The van der Waals surface area contributed by atoms with Crippen LogP contribution in [0.3, 0.4) is 0 Å². The summed E-state index contributed by atoms with van der Waals surface area (Å²) in [5.74, 6) is -0.560. The van der Waals surface area contributed by atoms with E-state index in [1.54, 1.807) is 59.8 Å². The van der Waals surface area contributed by atoms with Gasteiger partial charge < -0.3 is 31.3 Å². The van der Waals surface area contributed by atoms with E-state index in [2.05, 4.69) is 20.6 Å². The number of nitrogens with zero attached hydrogens (tertiary/aromatic N) is 3. The van der Waals surface area contributed by atoms with E-state index in [0.29, 0.717) is 36.3 Å². The third-order valence-electron chi connectivity index (χ3n) is 8.72. The number of hydrogen-bond donors (Lipinski definition) is 5. The number of nitrogens with one attached hydrogen (secondary N) is 2. The summed E-state index contributed by atoms with van der Waals surface area (Å²) < 4.78 is 5.46. The zero-order valence-electron chi connectivity index (χ0n) is 30.7. The third-order valence-corrected chi connectivity index (χ3v) is 10.3. The van der Waals surface area contributed by atoms with Gasteiger partial charge in [-0.3, -0.25) is 14.8 Å². The average molecular weight is 793 g/mol. The Hall–Kier alpha value is -5.93. The van der Waals surface area contributed by atoms with Gasteiger partial charge in [-0.2, -0.15) is 0 Å². The number of aliphatic hydroxyl groups excluding tert-OH is 1. The van der Waals surface area contributed by atoms with Crippen molar-refractivity contribution in [2.75, 3.05) is 10.2 Å². The van der Waals surface area contributed by atoms with Gasteiger partial charge in [-0.1, -0.05) is 91.0 Å². The second-order valence-electron chi connectivity index (χ2n) is 12.8. The molecule has 6 aromatic rings. The van der Waals surface area contributed by atoms with Crippen molar-refractivity contribution in [1.82, 2.24) is 15.3 Å².